The van der Waals surface area contributed by atoms with Gasteiger partial charge >= 0.3 is 0 Å². The fourth-order valence-corrected chi connectivity index (χ4v) is 3.81. The lowest BCUT2D eigenvalue weighted by Gasteiger charge is -2.35. The van der Waals surface area contributed by atoms with Crippen molar-refractivity contribution >= 4 is 5.91 Å². The number of benzene rings is 1. The minimum Gasteiger partial charge on any atom is -0.337 e. The second kappa shape index (κ2) is 6.50. The molecule has 4 heteroatoms. The van der Waals surface area contributed by atoms with E-state index in [0.717, 1.165) is 26.2 Å². The number of rotatable bonds is 3. The van der Waals surface area contributed by atoms with Crippen molar-refractivity contribution in [3.63, 3.8) is 0 Å². The Hall–Kier alpha value is -1.86. The van der Waals surface area contributed by atoms with Crippen LogP contribution in [0.3, 0.4) is 0 Å². The molecule has 2 atom stereocenters. The van der Waals surface area contributed by atoms with Gasteiger partial charge in [-0.1, -0.05) is 13.0 Å². The first kappa shape index (κ1) is 15.1. The summed E-state index contributed by atoms with van der Waals surface area (Å²) >= 11 is 0. The topological polar surface area (TPSA) is 47.3 Å². The average Bonchev–Trinajstić information content (AvgIpc) is 2.86. The molecule has 0 aliphatic carbocycles. The minimum absolute atomic E-state index is 0.0762. The minimum atomic E-state index is 0.0762. The fourth-order valence-electron chi connectivity index (χ4n) is 3.81. The number of hydrogen-bond donors (Lipinski definition) is 0. The van der Waals surface area contributed by atoms with Gasteiger partial charge in [-0.25, -0.2) is 0 Å². The van der Waals surface area contributed by atoms with E-state index in [1.54, 1.807) is 18.2 Å². The summed E-state index contributed by atoms with van der Waals surface area (Å²) in [5, 5.41) is 9.01. The van der Waals surface area contributed by atoms with Gasteiger partial charge < -0.3 is 4.90 Å². The fraction of sp³-hybridized carbons (Fsp3) is 0.556. The van der Waals surface area contributed by atoms with Crippen LogP contribution in [-0.4, -0.2) is 47.9 Å². The molecule has 116 valence electrons. The molecule has 1 amide bonds. The number of carbonyl (C=O) groups is 1. The number of fused-ring (bicyclic) bond motifs is 4. The number of amides is 1. The van der Waals surface area contributed by atoms with Gasteiger partial charge in [-0.15, -0.1) is 0 Å². The maximum Gasteiger partial charge on any atom is 0.253 e. The van der Waals surface area contributed by atoms with Crippen LogP contribution in [0.2, 0.25) is 0 Å². The molecule has 0 saturated carbocycles. The highest BCUT2D eigenvalue weighted by atomic mass is 16.2. The van der Waals surface area contributed by atoms with Crippen molar-refractivity contribution in [2.24, 2.45) is 5.92 Å². The van der Waals surface area contributed by atoms with E-state index in [1.807, 2.05) is 11.0 Å². The second-order valence-corrected chi connectivity index (χ2v) is 6.49. The van der Waals surface area contributed by atoms with E-state index in [1.165, 1.54) is 19.3 Å². The van der Waals surface area contributed by atoms with Gasteiger partial charge in [-0.05, 0) is 49.9 Å². The Morgan fingerprint density at radius 3 is 2.95 bits per heavy atom. The Balaban J connectivity index is 1.77. The van der Waals surface area contributed by atoms with Crippen molar-refractivity contribution in [2.45, 2.75) is 32.2 Å². The molecule has 2 bridgehead atoms. The lowest BCUT2D eigenvalue weighted by molar-refractivity contribution is 0.0738. The molecule has 1 aromatic rings. The van der Waals surface area contributed by atoms with E-state index in [4.69, 9.17) is 5.26 Å². The van der Waals surface area contributed by atoms with Gasteiger partial charge in [0.15, 0.2) is 0 Å². The van der Waals surface area contributed by atoms with Crippen LogP contribution in [0, 0.1) is 17.2 Å². The zero-order valence-electron chi connectivity index (χ0n) is 13.2. The van der Waals surface area contributed by atoms with Crippen LogP contribution in [0.1, 0.15) is 42.1 Å². The smallest absolute Gasteiger partial charge is 0.253 e. The molecule has 3 aliphatic rings. The average molecular weight is 297 g/mol. The highest BCUT2D eigenvalue weighted by molar-refractivity contribution is 5.94. The maximum absolute atomic E-state index is 12.8. The molecule has 3 fully saturated rings. The highest BCUT2D eigenvalue weighted by Crippen LogP contribution is 2.28. The van der Waals surface area contributed by atoms with Crippen molar-refractivity contribution in [3.05, 3.63) is 35.4 Å². The summed E-state index contributed by atoms with van der Waals surface area (Å²) in [6, 6.07) is 9.68. The van der Waals surface area contributed by atoms with Crippen LogP contribution in [0.15, 0.2) is 24.3 Å². The normalized spacial score (nSPS) is 24.8. The molecule has 0 radical (unpaired) electrons. The maximum atomic E-state index is 12.8. The Morgan fingerprint density at radius 2 is 2.18 bits per heavy atom. The van der Waals surface area contributed by atoms with Crippen molar-refractivity contribution in [1.29, 1.82) is 5.26 Å². The molecule has 1 aromatic carbocycles. The SMILES string of the molecule is CCCN1C[C@H]2CC[C@@H]1CN(C(=O)c1cccc(C#N)c1)C2. The van der Waals surface area contributed by atoms with E-state index in [9.17, 15) is 4.79 Å². The van der Waals surface area contributed by atoms with Crippen LogP contribution >= 0.6 is 0 Å². The number of hydrogen-bond acceptors (Lipinski definition) is 3. The van der Waals surface area contributed by atoms with Crippen LogP contribution in [0.5, 0.6) is 0 Å². The largest absolute Gasteiger partial charge is 0.337 e. The van der Waals surface area contributed by atoms with Gasteiger partial charge in [-0.3, -0.25) is 9.69 Å². The van der Waals surface area contributed by atoms with Gasteiger partial charge in [0.05, 0.1) is 11.6 Å². The third-order valence-electron chi connectivity index (χ3n) is 4.86. The predicted octanol–water partition coefficient (Wildman–Crippen LogP) is 2.50. The molecule has 3 aliphatic heterocycles. The summed E-state index contributed by atoms with van der Waals surface area (Å²) < 4.78 is 0. The standard InChI is InChI=1S/C18H23N3O/c1-2-8-20-11-15-6-7-17(20)13-21(12-15)18(22)16-5-3-4-14(9-16)10-19/h3-5,9,15,17H,2,6-8,11-13H2,1H3/t15-,17-/m1/s1. The van der Waals surface area contributed by atoms with Crippen LogP contribution in [-0.2, 0) is 0 Å². The molecule has 0 N–H and O–H groups in total. The van der Waals surface area contributed by atoms with Crippen molar-refractivity contribution in [3.8, 4) is 6.07 Å². The van der Waals surface area contributed by atoms with Crippen molar-refractivity contribution < 1.29 is 4.79 Å². The van der Waals surface area contributed by atoms with E-state index in [2.05, 4.69) is 17.9 Å². The van der Waals surface area contributed by atoms with Crippen molar-refractivity contribution in [2.75, 3.05) is 26.2 Å². The first-order valence-corrected chi connectivity index (χ1v) is 8.24. The van der Waals surface area contributed by atoms with E-state index >= 15 is 0 Å². The van der Waals surface area contributed by atoms with Gasteiger partial charge in [0.1, 0.15) is 0 Å². The molecule has 0 unspecified atom stereocenters. The molecular weight excluding hydrogens is 274 g/mol. The Morgan fingerprint density at radius 1 is 1.32 bits per heavy atom. The number of nitriles is 1. The van der Waals surface area contributed by atoms with Crippen molar-refractivity contribution in [1.82, 2.24) is 9.80 Å². The summed E-state index contributed by atoms with van der Waals surface area (Å²) in [6.07, 6.45) is 3.60. The van der Waals surface area contributed by atoms with Crippen LogP contribution in [0.25, 0.3) is 0 Å². The Labute approximate surface area is 132 Å². The lowest BCUT2D eigenvalue weighted by atomic mass is 9.95. The molecule has 22 heavy (non-hydrogen) atoms. The predicted molar refractivity (Wildman–Crippen MR) is 85.4 cm³/mol. The van der Waals surface area contributed by atoms with E-state index < -0.39 is 0 Å². The summed E-state index contributed by atoms with van der Waals surface area (Å²) in [6.45, 7) is 6.15. The first-order valence-electron chi connectivity index (χ1n) is 8.24. The molecule has 3 heterocycles. The molecule has 3 saturated heterocycles. The molecule has 0 spiro atoms. The van der Waals surface area contributed by atoms with Crippen LogP contribution < -0.4 is 0 Å². The zero-order valence-corrected chi connectivity index (χ0v) is 13.2. The number of carbonyl (C=O) groups excluding carboxylic acids is 1. The Bertz CT molecular complexity index is 592. The van der Waals surface area contributed by atoms with E-state index in [0.29, 0.717) is 23.1 Å². The molecular formula is C18H23N3O. The summed E-state index contributed by atoms with van der Waals surface area (Å²) in [5.41, 5.74) is 1.19. The van der Waals surface area contributed by atoms with Gasteiger partial charge in [0.25, 0.3) is 5.91 Å². The third kappa shape index (κ3) is 3.00. The van der Waals surface area contributed by atoms with Gasteiger partial charge in [0.2, 0.25) is 0 Å². The number of piperidine rings is 1. The Kier molecular flexibility index (Phi) is 4.44. The lowest BCUT2D eigenvalue weighted by Crippen LogP contribution is -2.44. The molecule has 4 nitrogen and oxygen atoms in total. The monoisotopic (exact) mass is 297 g/mol. The number of nitrogens with zero attached hydrogens (tertiary/aromatic N) is 3. The highest BCUT2D eigenvalue weighted by Gasteiger charge is 2.36. The van der Waals surface area contributed by atoms with Gasteiger partial charge in [0, 0.05) is 31.2 Å². The summed E-state index contributed by atoms with van der Waals surface area (Å²) in [4.78, 5) is 17.4. The second-order valence-electron chi connectivity index (χ2n) is 6.49. The van der Waals surface area contributed by atoms with E-state index in [-0.39, 0.29) is 5.91 Å². The zero-order chi connectivity index (χ0) is 15.5. The van der Waals surface area contributed by atoms with Gasteiger partial charge in [-0.2, -0.15) is 5.26 Å². The first-order chi connectivity index (χ1) is 10.7. The molecule has 0 aromatic heterocycles. The molecule has 4 rings (SSSR count). The van der Waals surface area contributed by atoms with Crippen LogP contribution in [0.4, 0.5) is 0 Å². The summed E-state index contributed by atoms with van der Waals surface area (Å²) in [7, 11) is 0. The third-order valence-corrected chi connectivity index (χ3v) is 4.86. The summed E-state index contributed by atoms with van der Waals surface area (Å²) in [5.74, 6) is 0.667. The quantitative estimate of drug-likeness (QED) is 0.861.